The highest BCUT2D eigenvalue weighted by molar-refractivity contribution is 7.87. The normalized spacial score (nSPS) is 14.8. The molecule has 1 amide bonds. The summed E-state index contributed by atoms with van der Waals surface area (Å²) < 4.78 is 39.6. The molecule has 0 spiro atoms. The number of morpholine rings is 1. The van der Waals surface area contributed by atoms with E-state index in [1.165, 1.54) is 4.31 Å². The van der Waals surface area contributed by atoms with E-state index in [0.717, 1.165) is 11.1 Å². The van der Waals surface area contributed by atoms with Crippen LogP contribution >= 0.6 is 0 Å². The number of ether oxygens (including phenoxy) is 2. The number of benzene rings is 1. The number of aromatic amines is 1. The Balaban J connectivity index is 1.40. The van der Waals surface area contributed by atoms with E-state index in [4.69, 9.17) is 9.47 Å². The van der Waals surface area contributed by atoms with E-state index < -0.39 is 10.2 Å². The van der Waals surface area contributed by atoms with Gasteiger partial charge in [0.2, 0.25) is 5.91 Å². The highest BCUT2D eigenvalue weighted by Crippen LogP contribution is 2.23. The quantitative estimate of drug-likeness (QED) is 0.380. The molecule has 2 N–H and O–H groups in total. The molecule has 1 saturated heterocycles. The van der Waals surface area contributed by atoms with Crippen molar-refractivity contribution in [1.29, 1.82) is 0 Å². The van der Waals surface area contributed by atoms with Crippen LogP contribution in [0, 0.1) is 0 Å². The maximum atomic E-state index is 13.3. The van der Waals surface area contributed by atoms with Crippen LogP contribution in [0.3, 0.4) is 0 Å². The first-order chi connectivity index (χ1) is 17.0. The number of pyridine rings is 1. The van der Waals surface area contributed by atoms with Crippen molar-refractivity contribution < 1.29 is 22.7 Å². The summed E-state index contributed by atoms with van der Waals surface area (Å²) >= 11 is 0. The minimum Gasteiger partial charge on any atom is -0.497 e. The van der Waals surface area contributed by atoms with Crippen LogP contribution < -0.4 is 14.4 Å². The second-order valence-electron chi connectivity index (χ2n) is 8.09. The predicted molar refractivity (Wildman–Crippen MR) is 131 cm³/mol. The number of anilines is 1. The summed E-state index contributed by atoms with van der Waals surface area (Å²) in [7, 11) is -2.00. The largest absolute Gasteiger partial charge is 0.497 e. The van der Waals surface area contributed by atoms with Gasteiger partial charge in [-0.1, -0.05) is 6.07 Å². The van der Waals surface area contributed by atoms with Crippen molar-refractivity contribution >= 4 is 32.8 Å². The molecule has 4 rings (SSSR count). The highest BCUT2D eigenvalue weighted by atomic mass is 32.2. The van der Waals surface area contributed by atoms with Crippen molar-refractivity contribution in [3.8, 4) is 5.75 Å². The van der Waals surface area contributed by atoms with E-state index in [0.29, 0.717) is 62.8 Å². The summed E-state index contributed by atoms with van der Waals surface area (Å²) in [6.07, 6.45) is 2.85. The van der Waals surface area contributed by atoms with Crippen molar-refractivity contribution in [3.63, 3.8) is 0 Å². The van der Waals surface area contributed by atoms with E-state index in [-0.39, 0.29) is 18.9 Å². The molecule has 1 aliphatic heterocycles. The molecule has 11 nitrogen and oxygen atoms in total. The van der Waals surface area contributed by atoms with Crippen molar-refractivity contribution in [3.05, 3.63) is 48.3 Å². The minimum absolute atomic E-state index is 0.0825. The van der Waals surface area contributed by atoms with E-state index in [9.17, 15) is 13.2 Å². The number of methoxy groups -OCH3 is 1. The fourth-order valence-corrected chi connectivity index (χ4v) is 5.17. The molecule has 3 aromatic rings. The summed E-state index contributed by atoms with van der Waals surface area (Å²) in [6.45, 7) is 2.01. The van der Waals surface area contributed by atoms with Gasteiger partial charge in [-0.25, -0.2) is 9.71 Å². The fourth-order valence-electron chi connectivity index (χ4n) is 3.95. The number of aryl methyl sites for hydroxylation is 1. The van der Waals surface area contributed by atoms with Crippen LogP contribution in [0.1, 0.15) is 18.5 Å². The lowest BCUT2D eigenvalue weighted by Crippen LogP contribution is -2.47. The van der Waals surface area contributed by atoms with Crippen molar-refractivity contribution in [2.45, 2.75) is 19.3 Å². The summed E-state index contributed by atoms with van der Waals surface area (Å²) in [6, 6.07) is 11.0. The zero-order valence-corrected chi connectivity index (χ0v) is 20.5. The Morgan fingerprint density at radius 3 is 2.89 bits per heavy atom. The van der Waals surface area contributed by atoms with Gasteiger partial charge in [-0.2, -0.15) is 17.8 Å². The Hall–Kier alpha value is -3.06. The molecule has 12 heteroatoms. The highest BCUT2D eigenvalue weighted by Gasteiger charge is 2.24. The van der Waals surface area contributed by atoms with Gasteiger partial charge in [0.15, 0.2) is 5.65 Å². The Labute approximate surface area is 204 Å². The van der Waals surface area contributed by atoms with Gasteiger partial charge in [0, 0.05) is 61.6 Å². The van der Waals surface area contributed by atoms with Gasteiger partial charge in [-0.05, 0) is 37.1 Å². The molecule has 188 valence electrons. The first kappa shape index (κ1) is 25.0. The van der Waals surface area contributed by atoms with Crippen molar-refractivity contribution in [2.24, 2.45) is 0 Å². The Bertz CT molecular complexity index is 1240. The molecule has 2 aromatic heterocycles. The smallest absolute Gasteiger partial charge is 0.279 e. The fraction of sp³-hybridized carbons (Fsp3) is 0.435. The molecule has 0 saturated carbocycles. The molecule has 0 bridgehead atoms. The van der Waals surface area contributed by atoms with Gasteiger partial charge in [-0.15, -0.1) is 0 Å². The molecular formula is C23H30N6O5S. The number of fused-ring (bicyclic) bond motifs is 1. The first-order valence-corrected chi connectivity index (χ1v) is 13.0. The van der Waals surface area contributed by atoms with Crippen molar-refractivity contribution in [1.82, 2.24) is 24.2 Å². The van der Waals surface area contributed by atoms with Crippen LogP contribution in [0.5, 0.6) is 5.75 Å². The number of hydrogen-bond donors (Lipinski definition) is 2. The first-order valence-electron chi connectivity index (χ1n) is 11.5. The summed E-state index contributed by atoms with van der Waals surface area (Å²) in [4.78, 5) is 19.2. The van der Waals surface area contributed by atoms with Crippen LogP contribution in [0.25, 0.3) is 11.0 Å². The summed E-state index contributed by atoms with van der Waals surface area (Å²) in [5.41, 5.74) is 2.17. The Kier molecular flexibility index (Phi) is 8.29. The number of carbonyl (C=O) groups excluding carboxylic acids is 1. The average Bonchev–Trinajstić information content (AvgIpc) is 3.31. The number of H-pyrrole nitrogens is 1. The second kappa shape index (κ2) is 11.6. The standard InChI is InChI=1S/C23H30N6O5S/c1-33-19-6-2-5-18(17-19)29(12-4-11-25-35(31,32)28-13-15-34-16-14-28)22(30)9-8-21-20-7-3-10-24-23(20)27-26-21/h2-3,5-7,10,17,25H,4,8-9,11-16H2,1H3,(H,24,26,27). The predicted octanol–water partition coefficient (Wildman–Crippen LogP) is 1.49. The number of hydrogen-bond acceptors (Lipinski definition) is 7. The second-order valence-corrected chi connectivity index (χ2v) is 9.84. The van der Waals surface area contributed by atoms with Gasteiger partial charge < -0.3 is 14.4 Å². The monoisotopic (exact) mass is 502 g/mol. The SMILES string of the molecule is COc1cccc(N(CCCNS(=O)(=O)N2CCOCC2)C(=O)CCc2[nH]nc3ncccc23)c1. The number of rotatable bonds is 11. The molecular weight excluding hydrogens is 472 g/mol. The number of nitrogens with zero attached hydrogens (tertiary/aromatic N) is 4. The summed E-state index contributed by atoms with van der Waals surface area (Å²) in [5.74, 6) is 0.555. The van der Waals surface area contributed by atoms with Gasteiger partial charge in [-0.3, -0.25) is 9.89 Å². The number of carbonyl (C=O) groups is 1. The van der Waals surface area contributed by atoms with Gasteiger partial charge >= 0.3 is 0 Å². The zero-order valence-electron chi connectivity index (χ0n) is 19.6. The van der Waals surface area contributed by atoms with Crippen molar-refractivity contribution in [2.75, 3.05) is 51.4 Å². The van der Waals surface area contributed by atoms with E-state index in [1.807, 2.05) is 30.3 Å². The van der Waals surface area contributed by atoms with E-state index in [1.54, 1.807) is 24.3 Å². The molecule has 0 radical (unpaired) electrons. The molecule has 1 aromatic carbocycles. The Morgan fingerprint density at radius 2 is 2.09 bits per heavy atom. The maximum Gasteiger partial charge on any atom is 0.279 e. The topological polar surface area (TPSA) is 130 Å². The molecule has 3 heterocycles. The lowest BCUT2D eigenvalue weighted by Gasteiger charge is -2.27. The number of nitrogens with one attached hydrogen (secondary N) is 2. The lowest BCUT2D eigenvalue weighted by molar-refractivity contribution is -0.118. The average molecular weight is 503 g/mol. The summed E-state index contributed by atoms with van der Waals surface area (Å²) in [5, 5.41) is 8.06. The lowest BCUT2D eigenvalue weighted by atomic mass is 10.1. The molecule has 0 atom stereocenters. The minimum atomic E-state index is -3.57. The van der Waals surface area contributed by atoms with Gasteiger partial charge in [0.1, 0.15) is 5.75 Å². The third kappa shape index (κ3) is 6.34. The number of aromatic nitrogens is 3. The molecule has 0 unspecified atom stereocenters. The third-order valence-corrected chi connectivity index (χ3v) is 7.43. The maximum absolute atomic E-state index is 13.3. The van der Waals surface area contributed by atoms with Gasteiger partial charge in [0.25, 0.3) is 10.2 Å². The molecule has 0 aliphatic carbocycles. The van der Waals surface area contributed by atoms with Crippen LogP contribution in [0.4, 0.5) is 5.69 Å². The van der Waals surface area contributed by atoms with Crippen LogP contribution in [0.15, 0.2) is 42.6 Å². The molecule has 1 fully saturated rings. The molecule has 35 heavy (non-hydrogen) atoms. The van der Waals surface area contributed by atoms with E-state index >= 15 is 0 Å². The zero-order chi connectivity index (χ0) is 24.7. The van der Waals surface area contributed by atoms with Gasteiger partial charge in [0.05, 0.1) is 20.3 Å². The van der Waals surface area contributed by atoms with Crippen LogP contribution in [0.2, 0.25) is 0 Å². The molecule has 1 aliphatic rings. The van der Waals surface area contributed by atoms with E-state index in [2.05, 4.69) is 19.9 Å². The van der Waals surface area contributed by atoms with Crippen LogP contribution in [-0.4, -0.2) is 80.3 Å². The Morgan fingerprint density at radius 1 is 1.26 bits per heavy atom. The third-order valence-electron chi connectivity index (χ3n) is 5.82. The number of amides is 1. The van der Waals surface area contributed by atoms with Crippen LogP contribution in [-0.2, 0) is 26.2 Å².